The number of hydrogen-bond acceptors (Lipinski definition) is 4. The van der Waals surface area contributed by atoms with Crippen molar-refractivity contribution in [1.82, 2.24) is 9.88 Å². The molecule has 3 aromatic rings. The van der Waals surface area contributed by atoms with Crippen LogP contribution in [0.3, 0.4) is 0 Å². The maximum absolute atomic E-state index is 13.7. The van der Waals surface area contributed by atoms with Gasteiger partial charge in [0.05, 0.1) is 11.6 Å². The van der Waals surface area contributed by atoms with Crippen molar-refractivity contribution in [3.8, 4) is 0 Å². The topological polar surface area (TPSA) is 70.5 Å². The van der Waals surface area contributed by atoms with Crippen molar-refractivity contribution in [3.05, 3.63) is 106 Å². The van der Waals surface area contributed by atoms with Crippen molar-refractivity contribution >= 4 is 17.4 Å². The largest absolute Gasteiger partial charge is 0.507 e. The molecule has 5 nitrogen and oxygen atoms in total. The fourth-order valence-corrected chi connectivity index (χ4v) is 4.21. The quantitative estimate of drug-likeness (QED) is 0.321. The van der Waals surface area contributed by atoms with Crippen LogP contribution in [0, 0.1) is 12.7 Å². The Morgan fingerprint density at radius 1 is 1.09 bits per heavy atom. The second-order valence-electron chi connectivity index (χ2n) is 9.62. The summed E-state index contributed by atoms with van der Waals surface area (Å²) in [5, 5.41) is 11.4. The van der Waals surface area contributed by atoms with E-state index < -0.39 is 23.5 Å². The van der Waals surface area contributed by atoms with E-state index in [1.54, 1.807) is 18.5 Å². The Morgan fingerprint density at radius 3 is 2.41 bits per heavy atom. The first-order valence-corrected chi connectivity index (χ1v) is 11.1. The molecule has 34 heavy (non-hydrogen) atoms. The number of hydrogen-bond donors (Lipinski definition) is 1. The van der Waals surface area contributed by atoms with Crippen molar-refractivity contribution in [2.24, 2.45) is 0 Å². The van der Waals surface area contributed by atoms with Gasteiger partial charge in [0.1, 0.15) is 11.6 Å². The van der Waals surface area contributed by atoms with Crippen LogP contribution in [0.5, 0.6) is 0 Å². The van der Waals surface area contributed by atoms with E-state index in [0.29, 0.717) is 11.1 Å². The van der Waals surface area contributed by atoms with Crippen LogP contribution in [-0.4, -0.2) is 26.7 Å². The van der Waals surface area contributed by atoms with Crippen LogP contribution < -0.4 is 0 Å². The molecule has 174 valence electrons. The van der Waals surface area contributed by atoms with E-state index in [2.05, 4.69) is 25.8 Å². The van der Waals surface area contributed by atoms with Gasteiger partial charge in [-0.05, 0) is 58.9 Å². The van der Waals surface area contributed by atoms with Crippen LogP contribution in [0.4, 0.5) is 4.39 Å². The summed E-state index contributed by atoms with van der Waals surface area (Å²) in [6.07, 6.45) is 3.25. The minimum absolute atomic E-state index is 0.00495. The first kappa shape index (κ1) is 23.4. The summed E-state index contributed by atoms with van der Waals surface area (Å²) in [7, 11) is 0. The van der Waals surface area contributed by atoms with Gasteiger partial charge in [0.25, 0.3) is 11.7 Å². The second kappa shape index (κ2) is 8.86. The number of pyridine rings is 1. The molecule has 1 atom stereocenters. The predicted molar refractivity (Wildman–Crippen MR) is 128 cm³/mol. The Kier molecular flexibility index (Phi) is 6.09. The highest BCUT2D eigenvalue weighted by Crippen LogP contribution is 2.41. The highest BCUT2D eigenvalue weighted by atomic mass is 19.1. The molecule has 1 aromatic heterocycles. The van der Waals surface area contributed by atoms with Gasteiger partial charge >= 0.3 is 0 Å². The SMILES string of the molecule is Cc1ccc(C(C)(C)C)cc1/C(O)=C1\C(=O)C(=O)N(Cc2cccnc2)C1c1ccc(F)cc1. The summed E-state index contributed by atoms with van der Waals surface area (Å²) in [6, 6.07) is 14.1. The number of ketones is 1. The molecule has 4 rings (SSSR count). The molecule has 1 unspecified atom stereocenters. The normalized spacial score (nSPS) is 17.9. The predicted octanol–water partition coefficient (Wildman–Crippen LogP) is 5.45. The van der Waals surface area contributed by atoms with Gasteiger partial charge in [-0.3, -0.25) is 14.6 Å². The van der Waals surface area contributed by atoms with Gasteiger partial charge in [0, 0.05) is 24.5 Å². The van der Waals surface area contributed by atoms with Crippen molar-refractivity contribution in [2.45, 2.75) is 45.7 Å². The summed E-state index contributed by atoms with van der Waals surface area (Å²) in [4.78, 5) is 31.9. The Hall–Kier alpha value is -3.80. The van der Waals surface area contributed by atoms with E-state index in [1.165, 1.54) is 29.2 Å². The lowest BCUT2D eigenvalue weighted by atomic mass is 9.84. The Bertz CT molecular complexity index is 1280. The molecular formula is C28H27FN2O3. The average molecular weight is 459 g/mol. The first-order chi connectivity index (χ1) is 16.1. The molecule has 6 heteroatoms. The number of likely N-dealkylation sites (tertiary alicyclic amines) is 1. The molecule has 0 bridgehead atoms. The summed E-state index contributed by atoms with van der Waals surface area (Å²) < 4.78 is 13.7. The third-order valence-electron chi connectivity index (χ3n) is 6.16. The molecule has 0 spiro atoms. The van der Waals surface area contributed by atoms with Crippen LogP contribution in [-0.2, 0) is 21.5 Å². The molecule has 1 fully saturated rings. The number of aromatic nitrogens is 1. The van der Waals surface area contributed by atoms with E-state index in [0.717, 1.165) is 16.7 Å². The summed E-state index contributed by atoms with van der Waals surface area (Å²) >= 11 is 0. The van der Waals surface area contributed by atoms with Gasteiger partial charge in [0.15, 0.2) is 0 Å². The Morgan fingerprint density at radius 2 is 1.79 bits per heavy atom. The third kappa shape index (κ3) is 4.36. The van der Waals surface area contributed by atoms with Crippen molar-refractivity contribution < 1.29 is 19.1 Å². The molecule has 1 aliphatic rings. The molecule has 2 heterocycles. The van der Waals surface area contributed by atoms with E-state index in [-0.39, 0.29) is 23.3 Å². The Labute approximate surface area is 198 Å². The lowest BCUT2D eigenvalue weighted by molar-refractivity contribution is -0.140. The number of carbonyl (C=O) groups excluding carboxylic acids is 2. The van der Waals surface area contributed by atoms with Crippen LogP contribution in [0.15, 0.2) is 72.6 Å². The van der Waals surface area contributed by atoms with Crippen LogP contribution in [0.1, 0.15) is 54.6 Å². The van der Waals surface area contributed by atoms with Gasteiger partial charge in [-0.2, -0.15) is 0 Å². The molecule has 0 aliphatic carbocycles. The molecule has 1 N–H and O–H groups in total. The molecule has 1 amide bonds. The van der Waals surface area contributed by atoms with Crippen molar-refractivity contribution in [3.63, 3.8) is 0 Å². The van der Waals surface area contributed by atoms with Gasteiger partial charge in [-0.1, -0.05) is 51.1 Å². The summed E-state index contributed by atoms with van der Waals surface area (Å²) in [6.45, 7) is 8.16. The third-order valence-corrected chi connectivity index (χ3v) is 6.16. The zero-order chi connectivity index (χ0) is 24.6. The van der Waals surface area contributed by atoms with Crippen molar-refractivity contribution in [2.75, 3.05) is 0 Å². The highest BCUT2D eigenvalue weighted by Gasteiger charge is 2.46. The second-order valence-corrected chi connectivity index (χ2v) is 9.62. The number of rotatable bonds is 4. The monoisotopic (exact) mass is 458 g/mol. The van der Waals surface area contributed by atoms with E-state index in [1.807, 2.05) is 31.2 Å². The molecule has 0 saturated carbocycles. The number of aryl methyl sites for hydroxylation is 1. The summed E-state index contributed by atoms with van der Waals surface area (Å²) in [5.41, 5.74) is 3.36. The summed E-state index contributed by atoms with van der Waals surface area (Å²) in [5.74, 6) is -2.15. The van der Waals surface area contributed by atoms with Gasteiger partial charge < -0.3 is 10.0 Å². The number of aliphatic hydroxyl groups excluding tert-OH is 1. The van der Waals surface area contributed by atoms with Crippen LogP contribution in [0.2, 0.25) is 0 Å². The van der Waals surface area contributed by atoms with Crippen LogP contribution >= 0.6 is 0 Å². The standard InChI is InChI=1S/C28H27FN2O3/c1-17-7-10-20(28(2,3)4)14-22(17)25(32)23-24(19-8-11-21(29)12-9-19)31(27(34)26(23)33)16-18-6-5-13-30-15-18/h5-15,24,32H,16H2,1-4H3/b25-23+. The van der Waals surface area contributed by atoms with Crippen molar-refractivity contribution in [1.29, 1.82) is 0 Å². The maximum Gasteiger partial charge on any atom is 0.295 e. The lowest BCUT2D eigenvalue weighted by Gasteiger charge is -2.26. The zero-order valence-electron chi connectivity index (χ0n) is 19.7. The van der Waals surface area contributed by atoms with E-state index in [9.17, 15) is 19.1 Å². The fraction of sp³-hybridized carbons (Fsp3) is 0.250. The lowest BCUT2D eigenvalue weighted by Crippen LogP contribution is -2.29. The number of benzene rings is 2. The number of aliphatic hydroxyl groups is 1. The fourth-order valence-electron chi connectivity index (χ4n) is 4.21. The Balaban J connectivity index is 1.91. The van der Waals surface area contributed by atoms with Gasteiger partial charge in [0.2, 0.25) is 0 Å². The molecule has 1 saturated heterocycles. The molecule has 1 aliphatic heterocycles. The first-order valence-electron chi connectivity index (χ1n) is 11.1. The van der Waals surface area contributed by atoms with Gasteiger partial charge in [-0.25, -0.2) is 4.39 Å². The number of amides is 1. The number of nitrogens with zero attached hydrogens (tertiary/aromatic N) is 2. The number of carbonyl (C=O) groups is 2. The number of halogens is 1. The van der Waals surface area contributed by atoms with E-state index >= 15 is 0 Å². The smallest absolute Gasteiger partial charge is 0.295 e. The average Bonchev–Trinajstić information content (AvgIpc) is 3.04. The minimum atomic E-state index is -0.863. The maximum atomic E-state index is 13.7. The van der Waals surface area contributed by atoms with Crippen LogP contribution in [0.25, 0.3) is 5.76 Å². The minimum Gasteiger partial charge on any atom is -0.507 e. The number of Topliss-reactive ketones (excluding diaryl/α,β-unsaturated/α-hetero) is 1. The highest BCUT2D eigenvalue weighted by molar-refractivity contribution is 6.46. The van der Waals surface area contributed by atoms with E-state index in [4.69, 9.17) is 0 Å². The molecular weight excluding hydrogens is 431 g/mol. The van der Waals surface area contributed by atoms with Gasteiger partial charge in [-0.15, -0.1) is 0 Å². The molecule has 0 radical (unpaired) electrons. The molecule has 2 aromatic carbocycles. The zero-order valence-corrected chi connectivity index (χ0v) is 19.7.